The van der Waals surface area contributed by atoms with Crippen molar-refractivity contribution in [3.05, 3.63) is 29.8 Å². The lowest BCUT2D eigenvalue weighted by atomic mass is 10.0. The molecule has 1 saturated carbocycles. The van der Waals surface area contributed by atoms with Crippen molar-refractivity contribution in [1.82, 2.24) is 0 Å². The summed E-state index contributed by atoms with van der Waals surface area (Å²) in [6.45, 7) is 3.22. The van der Waals surface area contributed by atoms with Crippen LogP contribution in [-0.2, 0) is 19.4 Å². The summed E-state index contributed by atoms with van der Waals surface area (Å²) in [5.74, 6) is -1.01. The zero-order valence-electron chi connectivity index (χ0n) is 13.3. The van der Waals surface area contributed by atoms with Gasteiger partial charge < -0.3 is 9.47 Å². The van der Waals surface area contributed by atoms with Crippen LogP contribution < -0.4 is 4.74 Å². The average Bonchev–Trinajstić information content (AvgIpc) is 3.26. The average molecular weight is 337 g/mol. The summed E-state index contributed by atoms with van der Waals surface area (Å²) in [6, 6.07) is 8.64. The first kappa shape index (κ1) is 17.3. The van der Waals surface area contributed by atoms with Gasteiger partial charge in [-0.15, -0.1) is 0 Å². The molecule has 0 unspecified atom stereocenters. The van der Waals surface area contributed by atoms with Crippen LogP contribution in [-0.4, -0.2) is 39.1 Å². The quantitative estimate of drug-likeness (QED) is 0.733. The highest BCUT2D eigenvalue weighted by atomic mass is 32.2. The van der Waals surface area contributed by atoms with Crippen LogP contribution in [0.5, 0.6) is 5.75 Å². The van der Waals surface area contributed by atoms with Crippen LogP contribution in [0, 0.1) is 16.7 Å². The van der Waals surface area contributed by atoms with E-state index in [9.17, 15) is 18.5 Å². The Balaban J connectivity index is 2.50. The third-order valence-electron chi connectivity index (χ3n) is 4.20. The molecule has 0 aliphatic heterocycles. The first-order chi connectivity index (χ1) is 10.9. The molecule has 1 fully saturated rings. The highest BCUT2D eigenvalue weighted by molar-refractivity contribution is 7.92. The molecular weight excluding hydrogens is 318 g/mol. The van der Waals surface area contributed by atoms with Gasteiger partial charge in [0.25, 0.3) is 0 Å². The number of carbonyl (C=O) groups is 1. The molecule has 0 N–H and O–H groups in total. The number of benzene rings is 1. The Hall–Kier alpha value is -2.07. The van der Waals surface area contributed by atoms with Crippen molar-refractivity contribution in [1.29, 1.82) is 5.26 Å². The molecule has 0 radical (unpaired) electrons. The molecule has 0 spiro atoms. The number of hydrogen-bond donors (Lipinski definition) is 0. The number of sulfone groups is 1. The zero-order chi connectivity index (χ0) is 17.3. The first-order valence-corrected chi connectivity index (χ1v) is 9.04. The van der Waals surface area contributed by atoms with Gasteiger partial charge in [0.15, 0.2) is 15.3 Å². The van der Waals surface area contributed by atoms with Crippen LogP contribution in [0.1, 0.15) is 25.3 Å². The summed E-state index contributed by atoms with van der Waals surface area (Å²) in [5.41, 5.74) is -1.05. The zero-order valence-corrected chi connectivity index (χ0v) is 14.1. The molecule has 3 atom stereocenters. The molecule has 23 heavy (non-hydrogen) atoms. The van der Waals surface area contributed by atoms with E-state index in [-0.39, 0.29) is 12.4 Å². The number of methoxy groups -OCH3 is 1. The van der Waals surface area contributed by atoms with E-state index >= 15 is 0 Å². The van der Waals surface area contributed by atoms with Crippen molar-refractivity contribution in [3.8, 4) is 11.8 Å². The number of rotatable bonds is 6. The fourth-order valence-corrected chi connectivity index (χ4v) is 4.88. The van der Waals surface area contributed by atoms with E-state index in [0.29, 0.717) is 11.3 Å². The van der Waals surface area contributed by atoms with Gasteiger partial charge in [0.1, 0.15) is 11.0 Å². The van der Waals surface area contributed by atoms with E-state index in [1.54, 1.807) is 31.2 Å². The molecule has 0 bridgehead atoms. The van der Waals surface area contributed by atoms with Gasteiger partial charge in [0.2, 0.25) is 0 Å². The van der Waals surface area contributed by atoms with Crippen molar-refractivity contribution < 1.29 is 22.7 Å². The molecule has 1 aromatic rings. The van der Waals surface area contributed by atoms with Gasteiger partial charge in [-0.2, -0.15) is 5.26 Å². The lowest BCUT2D eigenvalue weighted by Crippen LogP contribution is -2.26. The molecule has 1 aromatic carbocycles. The summed E-state index contributed by atoms with van der Waals surface area (Å²) in [7, 11) is -2.05. The maximum absolute atomic E-state index is 12.4. The van der Waals surface area contributed by atoms with Crippen molar-refractivity contribution in [2.45, 2.75) is 25.0 Å². The SMILES string of the molecule is CCOC(=O)[C@]1(C#N)[C@H](c2ccc(OC)cc2)[C@@H]1S(=O)(=O)CC. The van der Waals surface area contributed by atoms with Gasteiger partial charge in [-0.05, 0) is 24.6 Å². The summed E-state index contributed by atoms with van der Waals surface area (Å²) < 4.78 is 34.8. The molecule has 1 aliphatic carbocycles. The minimum atomic E-state index is -3.58. The second kappa shape index (κ2) is 6.20. The van der Waals surface area contributed by atoms with E-state index in [4.69, 9.17) is 9.47 Å². The maximum atomic E-state index is 12.4. The Morgan fingerprint density at radius 1 is 1.30 bits per heavy atom. The Kier molecular flexibility index (Phi) is 4.66. The molecule has 6 nitrogen and oxygen atoms in total. The number of hydrogen-bond acceptors (Lipinski definition) is 6. The molecule has 2 rings (SSSR count). The highest BCUT2D eigenvalue weighted by Gasteiger charge is 2.77. The Morgan fingerprint density at radius 2 is 1.91 bits per heavy atom. The van der Waals surface area contributed by atoms with Crippen LogP contribution >= 0.6 is 0 Å². The van der Waals surface area contributed by atoms with Gasteiger partial charge in [0.05, 0.1) is 19.8 Å². The first-order valence-electron chi connectivity index (χ1n) is 7.33. The number of nitrogens with zero attached hydrogens (tertiary/aromatic N) is 1. The Bertz CT molecular complexity index is 735. The van der Waals surface area contributed by atoms with Crippen molar-refractivity contribution in [3.63, 3.8) is 0 Å². The predicted octanol–water partition coefficient (Wildman–Crippen LogP) is 1.67. The van der Waals surface area contributed by atoms with Gasteiger partial charge in [0, 0.05) is 11.7 Å². The second-order valence-electron chi connectivity index (χ2n) is 5.32. The van der Waals surface area contributed by atoms with Crippen molar-refractivity contribution in [2.75, 3.05) is 19.5 Å². The second-order valence-corrected chi connectivity index (χ2v) is 7.74. The lowest BCUT2D eigenvalue weighted by molar-refractivity contribution is -0.147. The van der Waals surface area contributed by atoms with Gasteiger partial charge in [-0.3, -0.25) is 4.79 Å². The summed E-state index contributed by atoms with van der Waals surface area (Å²) >= 11 is 0. The highest BCUT2D eigenvalue weighted by Crippen LogP contribution is 2.63. The van der Waals surface area contributed by atoms with E-state index in [0.717, 1.165) is 0 Å². The molecule has 0 heterocycles. The molecule has 1 aliphatic rings. The monoisotopic (exact) mass is 337 g/mol. The van der Waals surface area contributed by atoms with Gasteiger partial charge in [-0.25, -0.2) is 8.42 Å². The van der Waals surface area contributed by atoms with E-state index < -0.39 is 32.4 Å². The minimum Gasteiger partial charge on any atom is -0.497 e. The Labute approximate surface area is 135 Å². The maximum Gasteiger partial charge on any atom is 0.328 e. The summed E-state index contributed by atoms with van der Waals surface area (Å²) in [6.07, 6.45) is 0. The molecular formula is C16H19NO5S. The van der Waals surface area contributed by atoms with Crippen LogP contribution in [0.3, 0.4) is 0 Å². The van der Waals surface area contributed by atoms with Crippen LogP contribution in [0.2, 0.25) is 0 Å². The largest absolute Gasteiger partial charge is 0.497 e. The van der Waals surface area contributed by atoms with Crippen LogP contribution in [0.4, 0.5) is 0 Å². The minimum absolute atomic E-state index is 0.0937. The normalized spacial score (nSPS) is 26.2. The predicted molar refractivity (Wildman–Crippen MR) is 83.7 cm³/mol. The third kappa shape index (κ3) is 2.68. The van der Waals surface area contributed by atoms with Crippen LogP contribution in [0.25, 0.3) is 0 Å². The van der Waals surface area contributed by atoms with Gasteiger partial charge in [-0.1, -0.05) is 19.1 Å². The van der Waals surface area contributed by atoms with Crippen molar-refractivity contribution >= 4 is 15.8 Å². The molecule has 7 heteroatoms. The fraction of sp³-hybridized carbons (Fsp3) is 0.500. The number of carbonyl (C=O) groups excluding carboxylic acids is 1. The lowest BCUT2D eigenvalue weighted by Gasteiger charge is -2.08. The van der Waals surface area contributed by atoms with Crippen LogP contribution in [0.15, 0.2) is 24.3 Å². The number of nitriles is 1. The third-order valence-corrected chi connectivity index (χ3v) is 6.42. The summed E-state index contributed by atoms with van der Waals surface area (Å²) in [5, 5.41) is 8.50. The van der Waals surface area contributed by atoms with E-state index in [1.165, 1.54) is 14.0 Å². The smallest absolute Gasteiger partial charge is 0.328 e. The molecule has 0 saturated heterocycles. The Morgan fingerprint density at radius 3 is 2.35 bits per heavy atom. The molecule has 0 aromatic heterocycles. The molecule has 124 valence electrons. The van der Waals surface area contributed by atoms with Crippen molar-refractivity contribution in [2.24, 2.45) is 5.41 Å². The topological polar surface area (TPSA) is 93.5 Å². The standard InChI is InChI=1S/C16H19NO5S/c1-4-22-15(18)16(10-17)13(14(16)23(19,20)5-2)11-6-8-12(21-3)9-7-11/h6-9,13-14H,4-5H2,1-3H3/t13-,14+,16-/m1/s1. The number of esters is 1. The molecule has 0 amide bonds. The fourth-order valence-electron chi connectivity index (χ4n) is 2.95. The number of ether oxygens (including phenoxy) is 2. The van der Waals surface area contributed by atoms with Gasteiger partial charge >= 0.3 is 5.97 Å². The summed E-state index contributed by atoms with van der Waals surface area (Å²) in [4.78, 5) is 12.3. The van der Waals surface area contributed by atoms with E-state index in [2.05, 4.69) is 0 Å². The van der Waals surface area contributed by atoms with E-state index in [1.807, 2.05) is 6.07 Å².